The molecule has 0 aliphatic carbocycles. The maximum Gasteiger partial charge on any atom is 0.243 e. The van der Waals surface area contributed by atoms with Crippen LogP contribution in [0.25, 0.3) is 0 Å². The van der Waals surface area contributed by atoms with E-state index in [1.165, 1.54) is 13.1 Å². The molecule has 1 aromatic rings. The van der Waals surface area contributed by atoms with Crippen molar-refractivity contribution < 1.29 is 14.3 Å². The van der Waals surface area contributed by atoms with Crippen LogP contribution in [0, 0.1) is 5.92 Å². The highest BCUT2D eigenvalue weighted by molar-refractivity contribution is 7.17. The average Bonchev–Trinajstić information content (AvgIpc) is 2.87. The zero-order valence-corrected chi connectivity index (χ0v) is 11.5. The number of nitrogens with zero attached hydrogens (tertiary/aromatic N) is 1. The molecule has 104 valence electrons. The van der Waals surface area contributed by atoms with Crippen LogP contribution in [0.3, 0.4) is 0 Å². The quantitative estimate of drug-likeness (QED) is 0.805. The summed E-state index contributed by atoms with van der Waals surface area (Å²) in [6, 6.07) is -0.562. The SMILES string of the molecule is CC(=O)c1cnc(NC(=O)C(N)C2CCOCC2)s1. The first-order valence-electron chi connectivity index (χ1n) is 6.19. The Morgan fingerprint density at radius 3 is 2.79 bits per heavy atom. The molecule has 1 aromatic heterocycles. The van der Waals surface area contributed by atoms with Gasteiger partial charge in [-0.3, -0.25) is 9.59 Å². The average molecular weight is 283 g/mol. The molecule has 1 aliphatic rings. The van der Waals surface area contributed by atoms with Gasteiger partial charge in [-0.1, -0.05) is 11.3 Å². The van der Waals surface area contributed by atoms with Crippen molar-refractivity contribution in [2.45, 2.75) is 25.8 Å². The number of amides is 1. The topological polar surface area (TPSA) is 94.3 Å². The summed E-state index contributed by atoms with van der Waals surface area (Å²) in [5.41, 5.74) is 5.95. The molecule has 0 spiro atoms. The lowest BCUT2D eigenvalue weighted by Gasteiger charge is -2.26. The van der Waals surface area contributed by atoms with E-state index in [0.29, 0.717) is 23.2 Å². The summed E-state index contributed by atoms with van der Waals surface area (Å²) >= 11 is 1.16. The fourth-order valence-corrected chi connectivity index (χ4v) is 2.69. The molecule has 0 aromatic carbocycles. The number of nitrogens with two attached hydrogens (primary N) is 1. The first kappa shape index (κ1) is 14.1. The second-order valence-electron chi connectivity index (χ2n) is 4.55. The summed E-state index contributed by atoms with van der Waals surface area (Å²) in [7, 11) is 0. The molecule has 2 heterocycles. The molecule has 3 N–H and O–H groups in total. The van der Waals surface area contributed by atoms with Gasteiger partial charge in [-0.15, -0.1) is 0 Å². The van der Waals surface area contributed by atoms with Gasteiger partial charge in [0.05, 0.1) is 17.1 Å². The Hall–Kier alpha value is -1.31. The van der Waals surface area contributed by atoms with Crippen LogP contribution in [-0.2, 0) is 9.53 Å². The molecule has 1 saturated heterocycles. The van der Waals surface area contributed by atoms with Gasteiger partial charge in [0, 0.05) is 20.1 Å². The zero-order chi connectivity index (χ0) is 13.8. The Morgan fingerprint density at radius 2 is 2.21 bits per heavy atom. The number of ether oxygens (including phenoxy) is 1. The number of thiazole rings is 1. The van der Waals surface area contributed by atoms with Crippen molar-refractivity contribution in [2.75, 3.05) is 18.5 Å². The van der Waals surface area contributed by atoms with Crippen molar-refractivity contribution in [2.24, 2.45) is 11.7 Å². The third kappa shape index (κ3) is 3.59. The van der Waals surface area contributed by atoms with Gasteiger partial charge in [0.1, 0.15) is 0 Å². The molecule has 0 radical (unpaired) electrons. The van der Waals surface area contributed by atoms with Gasteiger partial charge in [0.25, 0.3) is 0 Å². The van der Waals surface area contributed by atoms with E-state index in [9.17, 15) is 9.59 Å². The van der Waals surface area contributed by atoms with Crippen LogP contribution in [0.4, 0.5) is 5.13 Å². The Kier molecular flexibility index (Phi) is 4.62. The van der Waals surface area contributed by atoms with Crippen molar-refractivity contribution in [1.29, 1.82) is 0 Å². The number of carbonyl (C=O) groups is 2. The number of anilines is 1. The van der Waals surface area contributed by atoms with Crippen LogP contribution in [0.2, 0.25) is 0 Å². The van der Waals surface area contributed by atoms with E-state index in [4.69, 9.17) is 10.5 Å². The summed E-state index contributed by atoms with van der Waals surface area (Å²) in [5.74, 6) is -0.177. The number of Topliss-reactive ketones (excluding diaryl/α,β-unsaturated/α-hetero) is 1. The molecule has 7 heteroatoms. The Bertz CT molecular complexity index is 469. The fourth-order valence-electron chi connectivity index (χ4n) is 1.97. The third-order valence-corrected chi connectivity index (χ3v) is 4.17. The summed E-state index contributed by atoms with van der Waals surface area (Å²) in [6.07, 6.45) is 3.05. The van der Waals surface area contributed by atoms with E-state index in [1.54, 1.807) is 0 Å². The summed E-state index contributed by atoms with van der Waals surface area (Å²) in [4.78, 5) is 27.7. The molecule has 1 unspecified atom stereocenters. The largest absolute Gasteiger partial charge is 0.381 e. The lowest BCUT2D eigenvalue weighted by atomic mass is 9.92. The van der Waals surface area contributed by atoms with Crippen molar-refractivity contribution in [3.8, 4) is 0 Å². The van der Waals surface area contributed by atoms with Crippen LogP contribution in [-0.4, -0.2) is 35.9 Å². The Labute approximate surface area is 115 Å². The minimum absolute atomic E-state index is 0.0632. The number of hydrogen-bond donors (Lipinski definition) is 2. The highest BCUT2D eigenvalue weighted by Gasteiger charge is 2.27. The molecule has 1 fully saturated rings. The number of hydrogen-bond acceptors (Lipinski definition) is 6. The molecule has 2 rings (SSSR count). The molecule has 0 saturated carbocycles. The van der Waals surface area contributed by atoms with E-state index in [0.717, 1.165) is 24.2 Å². The second kappa shape index (κ2) is 6.23. The first-order valence-corrected chi connectivity index (χ1v) is 7.00. The molecular weight excluding hydrogens is 266 g/mol. The molecule has 1 aliphatic heterocycles. The maximum absolute atomic E-state index is 12.0. The molecule has 1 amide bonds. The maximum atomic E-state index is 12.0. The normalized spacial score (nSPS) is 18.0. The minimum Gasteiger partial charge on any atom is -0.381 e. The summed E-state index contributed by atoms with van der Waals surface area (Å²) < 4.78 is 5.24. The van der Waals surface area contributed by atoms with E-state index in [-0.39, 0.29) is 17.6 Å². The Morgan fingerprint density at radius 1 is 1.53 bits per heavy atom. The van der Waals surface area contributed by atoms with Crippen LogP contribution in [0.5, 0.6) is 0 Å². The molecule has 6 nitrogen and oxygen atoms in total. The first-order chi connectivity index (χ1) is 9.08. The summed E-state index contributed by atoms with van der Waals surface area (Å²) in [5, 5.41) is 3.08. The van der Waals surface area contributed by atoms with Gasteiger partial charge in [-0.05, 0) is 18.8 Å². The van der Waals surface area contributed by atoms with Gasteiger partial charge in [-0.25, -0.2) is 4.98 Å². The lowest BCUT2D eigenvalue weighted by molar-refractivity contribution is -0.119. The van der Waals surface area contributed by atoms with E-state index >= 15 is 0 Å². The summed E-state index contributed by atoms with van der Waals surface area (Å²) in [6.45, 7) is 2.77. The van der Waals surface area contributed by atoms with Crippen molar-refractivity contribution >= 4 is 28.2 Å². The van der Waals surface area contributed by atoms with E-state index < -0.39 is 6.04 Å². The zero-order valence-electron chi connectivity index (χ0n) is 10.7. The highest BCUT2D eigenvalue weighted by atomic mass is 32.1. The number of aromatic nitrogens is 1. The van der Waals surface area contributed by atoms with Crippen LogP contribution < -0.4 is 11.1 Å². The van der Waals surface area contributed by atoms with E-state index in [2.05, 4.69) is 10.3 Å². The van der Waals surface area contributed by atoms with Gasteiger partial charge in [0.15, 0.2) is 10.9 Å². The monoisotopic (exact) mass is 283 g/mol. The Balaban J connectivity index is 1.93. The smallest absolute Gasteiger partial charge is 0.243 e. The predicted octanol–water partition coefficient (Wildman–Crippen LogP) is 1.04. The number of ketones is 1. The molecule has 0 bridgehead atoms. The molecule has 19 heavy (non-hydrogen) atoms. The number of nitrogens with one attached hydrogen (secondary N) is 1. The lowest BCUT2D eigenvalue weighted by Crippen LogP contribution is -2.43. The van der Waals surface area contributed by atoms with Crippen LogP contribution >= 0.6 is 11.3 Å². The van der Waals surface area contributed by atoms with Crippen molar-refractivity contribution in [1.82, 2.24) is 4.98 Å². The number of carbonyl (C=O) groups excluding carboxylic acids is 2. The van der Waals surface area contributed by atoms with Crippen molar-refractivity contribution in [3.63, 3.8) is 0 Å². The standard InChI is InChI=1S/C12H17N3O3S/c1-7(16)9-6-14-12(19-9)15-11(17)10(13)8-2-4-18-5-3-8/h6,8,10H,2-5,13H2,1H3,(H,14,15,17). The molecule has 1 atom stereocenters. The fraction of sp³-hybridized carbons (Fsp3) is 0.583. The van der Waals surface area contributed by atoms with Crippen molar-refractivity contribution in [3.05, 3.63) is 11.1 Å². The molecular formula is C12H17N3O3S. The predicted molar refractivity (Wildman–Crippen MR) is 72.3 cm³/mol. The van der Waals surface area contributed by atoms with Gasteiger partial charge < -0.3 is 15.8 Å². The number of rotatable bonds is 4. The second-order valence-corrected chi connectivity index (χ2v) is 5.58. The highest BCUT2D eigenvalue weighted by Crippen LogP contribution is 2.21. The van der Waals surface area contributed by atoms with E-state index in [1.807, 2.05) is 0 Å². The minimum atomic E-state index is -0.562. The van der Waals surface area contributed by atoms with Gasteiger partial charge in [0.2, 0.25) is 5.91 Å². The van der Waals surface area contributed by atoms with Gasteiger partial charge >= 0.3 is 0 Å². The van der Waals surface area contributed by atoms with Crippen LogP contribution in [0.1, 0.15) is 29.4 Å². The van der Waals surface area contributed by atoms with Crippen LogP contribution in [0.15, 0.2) is 6.20 Å². The third-order valence-electron chi connectivity index (χ3n) is 3.16. The van der Waals surface area contributed by atoms with Gasteiger partial charge in [-0.2, -0.15) is 0 Å².